The average Bonchev–Trinajstić information content (AvgIpc) is 3.02. The van der Waals surface area contributed by atoms with E-state index in [0.717, 1.165) is 62.5 Å². The van der Waals surface area contributed by atoms with Crippen molar-refractivity contribution in [1.29, 1.82) is 0 Å². The average molecular weight is 550 g/mol. The summed E-state index contributed by atoms with van der Waals surface area (Å²) in [4.78, 5) is 14.7. The quantitative estimate of drug-likeness (QED) is 0.202. The Labute approximate surface area is 242 Å². The Bertz CT molecular complexity index is 1440. The van der Waals surface area contributed by atoms with Crippen LogP contribution in [-0.4, -0.2) is 38.4 Å². The standard InChI is InChI=1S/C35H39N3O3/c39-19-7-1-2-8-20-41-30-17-18-31(32(40)23-30)35-37-33(28-15-13-24-9-3-5-11-26(24)21-28)36-34(38-35)29-16-14-25-10-4-6-12-27(25)22-29/h13-18,21-23,39-40H,1-12,19-20H2. The van der Waals surface area contributed by atoms with Crippen LogP contribution in [0, 0.1) is 0 Å². The van der Waals surface area contributed by atoms with Crippen molar-refractivity contribution in [3.63, 3.8) is 0 Å². The summed E-state index contributed by atoms with van der Waals surface area (Å²) >= 11 is 0. The molecule has 6 rings (SSSR count). The Balaban J connectivity index is 1.34. The van der Waals surface area contributed by atoms with Crippen LogP contribution in [0.2, 0.25) is 0 Å². The van der Waals surface area contributed by atoms with E-state index in [1.165, 1.54) is 47.9 Å². The molecule has 6 nitrogen and oxygen atoms in total. The van der Waals surface area contributed by atoms with Gasteiger partial charge in [-0.1, -0.05) is 30.7 Å². The van der Waals surface area contributed by atoms with Gasteiger partial charge in [-0.25, -0.2) is 15.0 Å². The summed E-state index contributed by atoms with van der Waals surface area (Å²) in [5.41, 5.74) is 8.12. The van der Waals surface area contributed by atoms with Gasteiger partial charge in [0.05, 0.1) is 12.2 Å². The van der Waals surface area contributed by atoms with Crippen molar-refractivity contribution in [2.45, 2.75) is 77.0 Å². The third-order valence-corrected chi connectivity index (χ3v) is 8.38. The van der Waals surface area contributed by atoms with Crippen LogP contribution in [0.1, 0.15) is 73.6 Å². The first kappa shape index (κ1) is 27.4. The fraction of sp³-hybridized carbons (Fsp3) is 0.400. The van der Waals surface area contributed by atoms with Crippen molar-refractivity contribution in [3.05, 3.63) is 76.9 Å². The summed E-state index contributed by atoms with van der Waals surface area (Å²) in [6.45, 7) is 0.802. The molecule has 1 heterocycles. The van der Waals surface area contributed by atoms with Gasteiger partial charge in [-0.3, -0.25) is 0 Å². The minimum Gasteiger partial charge on any atom is -0.507 e. The van der Waals surface area contributed by atoms with E-state index in [0.29, 0.717) is 35.4 Å². The third-order valence-electron chi connectivity index (χ3n) is 8.38. The second kappa shape index (κ2) is 12.8. The van der Waals surface area contributed by atoms with E-state index in [-0.39, 0.29) is 12.4 Å². The molecule has 0 aliphatic heterocycles. The fourth-order valence-electron chi connectivity index (χ4n) is 6.05. The predicted octanol–water partition coefficient (Wildman–Crippen LogP) is 7.27. The summed E-state index contributed by atoms with van der Waals surface area (Å²) in [6.07, 6.45) is 13.1. The largest absolute Gasteiger partial charge is 0.507 e. The van der Waals surface area contributed by atoms with Crippen LogP contribution in [0.3, 0.4) is 0 Å². The molecule has 0 saturated carbocycles. The van der Waals surface area contributed by atoms with Crippen LogP contribution in [-0.2, 0) is 25.7 Å². The van der Waals surface area contributed by atoms with Gasteiger partial charge in [0.15, 0.2) is 17.5 Å². The Hall–Kier alpha value is -3.77. The monoisotopic (exact) mass is 549 g/mol. The Morgan fingerprint density at radius 3 is 1.73 bits per heavy atom. The maximum atomic E-state index is 11.0. The molecule has 2 N–H and O–H groups in total. The molecule has 2 aliphatic carbocycles. The summed E-state index contributed by atoms with van der Waals surface area (Å²) in [6, 6.07) is 18.5. The van der Waals surface area contributed by atoms with E-state index < -0.39 is 0 Å². The Kier molecular flexibility index (Phi) is 8.57. The SMILES string of the molecule is OCCCCCCOc1ccc(-c2nc(-c3ccc4c(c3)CCCC4)nc(-c3ccc4c(c3)CCCC4)n2)c(O)c1. The summed E-state index contributed by atoms with van der Waals surface area (Å²) < 4.78 is 5.87. The van der Waals surface area contributed by atoms with Crippen LogP contribution in [0.5, 0.6) is 11.5 Å². The molecule has 4 aromatic rings. The van der Waals surface area contributed by atoms with E-state index in [2.05, 4.69) is 36.4 Å². The number of benzene rings is 3. The zero-order valence-electron chi connectivity index (χ0n) is 23.7. The highest BCUT2D eigenvalue weighted by Crippen LogP contribution is 2.34. The van der Waals surface area contributed by atoms with Crippen molar-refractivity contribution < 1.29 is 14.9 Å². The van der Waals surface area contributed by atoms with Crippen LogP contribution < -0.4 is 4.74 Å². The molecule has 0 atom stereocenters. The highest BCUT2D eigenvalue weighted by molar-refractivity contribution is 5.71. The van der Waals surface area contributed by atoms with Crippen LogP contribution in [0.4, 0.5) is 0 Å². The van der Waals surface area contributed by atoms with Crippen molar-refractivity contribution in [1.82, 2.24) is 15.0 Å². The highest BCUT2D eigenvalue weighted by atomic mass is 16.5. The van der Waals surface area contributed by atoms with Gasteiger partial charge in [0.1, 0.15) is 11.5 Å². The number of aromatic nitrogens is 3. The topological polar surface area (TPSA) is 88.4 Å². The second-order valence-corrected chi connectivity index (χ2v) is 11.4. The molecule has 0 spiro atoms. The number of nitrogens with zero attached hydrogens (tertiary/aromatic N) is 3. The molecule has 0 fully saturated rings. The number of ether oxygens (including phenoxy) is 1. The van der Waals surface area contributed by atoms with E-state index in [1.54, 1.807) is 6.07 Å². The Morgan fingerprint density at radius 2 is 1.15 bits per heavy atom. The second-order valence-electron chi connectivity index (χ2n) is 11.4. The zero-order chi connectivity index (χ0) is 28.0. The molecule has 212 valence electrons. The first-order chi connectivity index (χ1) is 20.2. The van der Waals surface area contributed by atoms with Gasteiger partial charge in [0.2, 0.25) is 0 Å². The first-order valence-electron chi connectivity index (χ1n) is 15.3. The molecule has 2 aliphatic rings. The number of unbranched alkanes of at least 4 members (excludes halogenated alkanes) is 3. The molecular formula is C35H39N3O3. The number of aliphatic hydroxyl groups excluding tert-OH is 1. The first-order valence-corrected chi connectivity index (χ1v) is 15.3. The van der Waals surface area contributed by atoms with Crippen molar-refractivity contribution in [3.8, 4) is 45.7 Å². The summed E-state index contributed by atoms with van der Waals surface area (Å²) in [5, 5.41) is 20.0. The molecule has 6 heteroatoms. The molecule has 41 heavy (non-hydrogen) atoms. The lowest BCUT2D eigenvalue weighted by Crippen LogP contribution is -2.05. The lowest BCUT2D eigenvalue weighted by atomic mass is 9.90. The number of fused-ring (bicyclic) bond motifs is 2. The van der Waals surface area contributed by atoms with Gasteiger partial charge >= 0.3 is 0 Å². The molecular weight excluding hydrogens is 510 g/mol. The van der Waals surface area contributed by atoms with Gasteiger partial charge in [-0.15, -0.1) is 0 Å². The highest BCUT2D eigenvalue weighted by Gasteiger charge is 2.18. The van der Waals surface area contributed by atoms with Crippen molar-refractivity contribution in [2.75, 3.05) is 13.2 Å². The normalized spacial score (nSPS) is 14.4. The van der Waals surface area contributed by atoms with Gasteiger partial charge in [-0.05, 0) is 117 Å². The van der Waals surface area contributed by atoms with E-state index >= 15 is 0 Å². The van der Waals surface area contributed by atoms with Crippen LogP contribution in [0.25, 0.3) is 34.2 Å². The van der Waals surface area contributed by atoms with Gasteiger partial charge < -0.3 is 14.9 Å². The number of rotatable bonds is 10. The molecule has 0 unspecified atom stereocenters. The maximum absolute atomic E-state index is 11.0. The molecule has 1 aromatic heterocycles. The molecule has 0 saturated heterocycles. The smallest absolute Gasteiger partial charge is 0.167 e. The summed E-state index contributed by atoms with van der Waals surface area (Å²) in [7, 11) is 0. The van der Waals surface area contributed by atoms with Gasteiger partial charge in [0, 0.05) is 23.8 Å². The zero-order valence-corrected chi connectivity index (χ0v) is 23.7. The number of hydrogen-bond donors (Lipinski definition) is 2. The number of phenolic OH excluding ortho intramolecular Hbond substituents is 1. The maximum Gasteiger partial charge on any atom is 0.167 e. The van der Waals surface area contributed by atoms with Crippen LogP contribution >= 0.6 is 0 Å². The lowest BCUT2D eigenvalue weighted by molar-refractivity contribution is 0.273. The number of aromatic hydroxyl groups is 1. The van der Waals surface area contributed by atoms with E-state index in [4.69, 9.17) is 24.8 Å². The Morgan fingerprint density at radius 1 is 0.585 bits per heavy atom. The molecule has 0 amide bonds. The molecule has 0 radical (unpaired) electrons. The minimum absolute atomic E-state index is 0.0850. The van der Waals surface area contributed by atoms with Crippen molar-refractivity contribution >= 4 is 0 Å². The van der Waals surface area contributed by atoms with E-state index in [1.807, 2.05) is 12.1 Å². The number of aliphatic hydroxyl groups is 1. The molecule has 3 aromatic carbocycles. The minimum atomic E-state index is 0.0850. The van der Waals surface area contributed by atoms with Crippen molar-refractivity contribution in [2.24, 2.45) is 0 Å². The number of hydrogen-bond acceptors (Lipinski definition) is 6. The van der Waals surface area contributed by atoms with Gasteiger partial charge in [0.25, 0.3) is 0 Å². The summed E-state index contributed by atoms with van der Waals surface area (Å²) in [5.74, 6) is 2.40. The lowest BCUT2D eigenvalue weighted by Gasteiger charge is -2.18. The molecule has 0 bridgehead atoms. The van der Waals surface area contributed by atoms with Crippen LogP contribution in [0.15, 0.2) is 54.6 Å². The van der Waals surface area contributed by atoms with E-state index in [9.17, 15) is 5.11 Å². The van der Waals surface area contributed by atoms with Gasteiger partial charge in [-0.2, -0.15) is 0 Å². The third kappa shape index (κ3) is 6.43. The number of aryl methyl sites for hydroxylation is 4. The predicted molar refractivity (Wildman–Crippen MR) is 162 cm³/mol. The number of phenols is 1. The fourth-order valence-corrected chi connectivity index (χ4v) is 6.05.